The Morgan fingerprint density at radius 2 is 1.54 bits per heavy atom. The van der Waals surface area contributed by atoms with Crippen LogP contribution in [0.1, 0.15) is 48.9 Å². The highest BCUT2D eigenvalue weighted by atomic mass is 32.2. The maximum Gasteiger partial charge on any atom is 0.251 e. The number of nitrogens with one attached hydrogen (secondary N) is 1. The van der Waals surface area contributed by atoms with E-state index < -0.39 is 10.0 Å². The Bertz CT molecular complexity index is 691. The molecular weight excluding hydrogens is 350 g/mol. The molecule has 144 valence electrons. The van der Waals surface area contributed by atoms with Gasteiger partial charge < -0.3 is 10.2 Å². The van der Waals surface area contributed by atoms with Crippen LogP contribution in [0.15, 0.2) is 29.2 Å². The van der Waals surface area contributed by atoms with Gasteiger partial charge >= 0.3 is 0 Å². The zero-order valence-corrected chi connectivity index (χ0v) is 16.1. The lowest BCUT2D eigenvalue weighted by Crippen LogP contribution is -2.28. The smallest absolute Gasteiger partial charge is 0.251 e. The number of hydrogen-bond donors (Lipinski definition) is 1. The van der Waals surface area contributed by atoms with Crippen molar-refractivity contribution in [3.05, 3.63) is 29.8 Å². The molecule has 0 aliphatic carbocycles. The second-order valence-electron chi connectivity index (χ2n) is 7.15. The summed E-state index contributed by atoms with van der Waals surface area (Å²) >= 11 is 0. The number of rotatable bonds is 8. The van der Waals surface area contributed by atoms with Crippen LogP contribution < -0.4 is 5.32 Å². The van der Waals surface area contributed by atoms with Gasteiger partial charge in [-0.2, -0.15) is 4.31 Å². The van der Waals surface area contributed by atoms with E-state index in [1.54, 1.807) is 12.1 Å². The predicted octanol–water partition coefficient (Wildman–Crippen LogP) is 2.08. The van der Waals surface area contributed by atoms with Crippen LogP contribution in [0.3, 0.4) is 0 Å². The van der Waals surface area contributed by atoms with Crippen molar-refractivity contribution in [1.82, 2.24) is 14.5 Å². The van der Waals surface area contributed by atoms with Gasteiger partial charge in [0.25, 0.3) is 5.91 Å². The summed E-state index contributed by atoms with van der Waals surface area (Å²) in [5, 5.41) is 2.92. The molecule has 2 aliphatic rings. The molecule has 0 saturated carbocycles. The summed E-state index contributed by atoms with van der Waals surface area (Å²) in [5.41, 5.74) is 0.505. The standard InChI is InChI=1S/C19H29N3O3S/c23-19(20-11-1-2-12-21-13-3-4-14-21)17-7-9-18(10-8-17)26(24,25)22-15-5-6-16-22/h7-10H,1-6,11-16H2,(H,20,23). The Kier molecular flexibility index (Phi) is 6.67. The first-order valence-corrected chi connectivity index (χ1v) is 11.1. The molecule has 1 N–H and O–H groups in total. The molecule has 2 aliphatic heterocycles. The number of hydrogen-bond acceptors (Lipinski definition) is 4. The normalized spacial score (nSPS) is 19.1. The average Bonchev–Trinajstić information content (AvgIpc) is 3.35. The van der Waals surface area contributed by atoms with Gasteiger partial charge in [-0.3, -0.25) is 4.79 Å². The quantitative estimate of drug-likeness (QED) is 0.702. The minimum atomic E-state index is -3.42. The van der Waals surface area contributed by atoms with Gasteiger partial charge in [0, 0.05) is 25.2 Å². The SMILES string of the molecule is O=C(NCCCCN1CCCC1)c1ccc(S(=O)(=O)N2CCCC2)cc1. The molecule has 3 rings (SSSR count). The molecule has 1 aromatic rings. The number of sulfonamides is 1. The van der Waals surface area contributed by atoms with E-state index in [0.717, 1.165) is 32.2 Å². The van der Waals surface area contributed by atoms with E-state index in [1.165, 1.54) is 42.4 Å². The fraction of sp³-hybridized carbons (Fsp3) is 0.632. The highest BCUT2D eigenvalue weighted by Gasteiger charge is 2.27. The molecule has 2 saturated heterocycles. The lowest BCUT2D eigenvalue weighted by Gasteiger charge is -2.15. The summed E-state index contributed by atoms with van der Waals surface area (Å²) in [6.07, 6.45) is 6.49. The van der Waals surface area contributed by atoms with Crippen LogP contribution in [0.25, 0.3) is 0 Å². The molecule has 0 spiro atoms. The van der Waals surface area contributed by atoms with Gasteiger partial charge in [0.15, 0.2) is 0 Å². The minimum absolute atomic E-state index is 0.142. The predicted molar refractivity (Wildman–Crippen MR) is 102 cm³/mol. The summed E-state index contributed by atoms with van der Waals surface area (Å²) in [7, 11) is -3.42. The molecule has 0 aromatic heterocycles. The number of carbonyl (C=O) groups excluding carboxylic acids is 1. The van der Waals surface area contributed by atoms with Crippen molar-refractivity contribution in [2.75, 3.05) is 39.3 Å². The van der Waals surface area contributed by atoms with E-state index in [1.807, 2.05) is 0 Å². The monoisotopic (exact) mass is 379 g/mol. The fourth-order valence-electron chi connectivity index (χ4n) is 3.63. The topological polar surface area (TPSA) is 69.7 Å². The molecule has 0 bridgehead atoms. The van der Waals surface area contributed by atoms with E-state index in [0.29, 0.717) is 25.2 Å². The molecule has 26 heavy (non-hydrogen) atoms. The molecule has 2 heterocycles. The maximum absolute atomic E-state index is 12.5. The van der Waals surface area contributed by atoms with Crippen molar-refractivity contribution in [3.63, 3.8) is 0 Å². The number of unbranched alkanes of at least 4 members (excludes halogenated alkanes) is 1. The van der Waals surface area contributed by atoms with Crippen LogP contribution in [0.5, 0.6) is 0 Å². The zero-order valence-electron chi connectivity index (χ0n) is 15.3. The highest BCUT2D eigenvalue weighted by Crippen LogP contribution is 2.21. The molecule has 7 heteroatoms. The number of carbonyl (C=O) groups is 1. The Morgan fingerprint density at radius 3 is 2.19 bits per heavy atom. The summed E-state index contributed by atoms with van der Waals surface area (Å²) in [6, 6.07) is 6.27. The lowest BCUT2D eigenvalue weighted by molar-refractivity contribution is 0.0952. The van der Waals surface area contributed by atoms with Crippen LogP contribution in [0.2, 0.25) is 0 Å². The summed E-state index contributed by atoms with van der Waals surface area (Å²) in [4.78, 5) is 14.9. The second-order valence-corrected chi connectivity index (χ2v) is 9.09. The van der Waals surface area contributed by atoms with E-state index >= 15 is 0 Å². The van der Waals surface area contributed by atoms with E-state index in [9.17, 15) is 13.2 Å². The van der Waals surface area contributed by atoms with Gasteiger partial charge in [0.05, 0.1) is 4.90 Å². The van der Waals surface area contributed by atoms with Crippen LogP contribution in [-0.2, 0) is 10.0 Å². The van der Waals surface area contributed by atoms with Gasteiger partial charge in [0.2, 0.25) is 10.0 Å². The van der Waals surface area contributed by atoms with Crippen molar-refractivity contribution in [2.24, 2.45) is 0 Å². The van der Waals surface area contributed by atoms with E-state index in [2.05, 4.69) is 10.2 Å². The molecule has 0 unspecified atom stereocenters. The zero-order chi connectivity index (χ0) is 18.4. The van der Waals surface area contributed by atoms with Crippen molar-refractivity contribution in [3.8, 4) is 0 Å². The maximum atomic E-state index is 12.5. The summed E-state index contributed by atoms with van der Waals surface area (Å²) in [6.45, 7) is 5.35. The molecule has 6 nitrogen and oxygen atoms in total. The van der Waals surface area contributed by atoms with Gasteiger partial charge in [-0.25, -0.2) is 8.42 Å². The number of amides is 1. The summed E-state index contributed by atoms with van der Waals surface area (Å²) in [5.74, 6) is -0.142. The van der Waals surface area contributed by atoms with E-state index in [-0.39, 0.29) is 10.8 Å². The third-order valence-electron chi connectivity index (χ3n) is 5.20. The van der Waals surface area contributed by atoms with Crippen molar-refractivity contribution in [1.29, 1.82) is 0 Å². The van der Waals surface area contributed by atoms with Crippen molar-refractivity contribution >= 4 is 15.9 Å². The molecule has 1 amide bonds. The van der Waals surface area contributed by atoms with Gasteiger partial charge in [-0.1, -0.05) is 0 Å². The Balaban J connectivity index is 1.44. The lowest BCUT2D eigenvalue weighted by atomic mass is 10.2. The van der Waals surface area contributed by atoms with E-state index in [4.69, 9.17) is 0 Å². The molecule has 1 aromatic carbocycles. The fourth-order valence-corrected chi connectivity index (χ4v) is 5.14. The van der Waals surface area contributed by atoms with Crippen LogP contribution >= 0.6 is 0 Å². The molecule has 0 radical (unpaired) electrons. The second kappa shape index (κ2) is 8.97. The van der Waals surface area contributed by atoms with Crippen LogP contribution in [0.4, 0.5) is 0 Å². The van der Waals surface area contributed by atoms with Crippen LogP contribution in [0, 0.1) is 0 Å². The first-order valence-electron chi connectivity index (χ1n) is 9.68. The number of benzene rings is 1. The summed E-state index contributed by atoms with van der Waals surface area (Å²) < 4.78 is 26.5. The van der Waals surface area contributed by atoms with Gasteiger partial charge in [-0.05, 0) is 82.4 Å². The number of likely N-dealkylation sites (tertiary alicyclic amines) is 1. The highest BCUT2D eigenvalue weighted by molar-refractivity contribution is 7.89. The molecular formula is C19H29N3O3S. The third-order valence-corrected chi connectivity index (χ3v) is 7.12. The first kappa shape index (κ1) is 19.3. The van der Waals surface area contributed by atoms with Gasteiger partial charge in [0.1, 0.15) is 0 Å². The van der Waals surface area contributed by atoms with Crippen LogP contribution in [-0.4, -0.2) is 62.8 Å². The Morgan fingerprint density at radius 1 is 0.923 bits per heavy atom. The van der Waals surface area contributed by atoms with Crippen molar-refractivity contribution < 1.29 is 13.2 Å². The minimum Gasteiger partial charge on any atom is -0.352 e. The Labute approximate surface area is 156 Å². The van der Waals surface area contributed by atoms with Crippen molar-refractivity contribution in [2.45, 2.75) is 43.4 Å². The Hall–Kier alpha value is -1.44. The molecule has 0 atom stereocenters. The average molecular weight is 380 g/mol. The largest absolute Gasteiger partial charge is 0.352 e. The number of nitrogens with zero attached hydrogens (tertiary/aromatic N) is 2. The third kappa shape index (κ3) is 4.84. The first-order chi connectivity index (χ1) is 12.6. The molecule has 2 fully saturated rings. The van der Waals surface area contributed by atoms with Gasteiger partial charge in [-0.15, -0.1) is 0 Å².